The van der Waals surface area contributed by atoms with Gasteiger partial charge in [0.1, 0.15) is 5.82 Å². The van der Waals surface area contributed by atoms with Crippen molar-refractivity contribution in [3.8, 4) is 0 Å². The van der Waals surface area contributed by atoms with E-state index in [1.54, 1.807) is 12.4 Å². The number of rotatable bonds is 6. The number of H-pyrrole nitrogens is 1. The predicted octanol–water partition coefficient (Wildman–Crippen LogP) is -0.915. The van der Waals surface area contributed by atoms with Gasteiger partial charge in [0, 0.05) is 25.4 Å². The number of nitrogens with zero attached hydrogens (tertiary/aromatic N) is 1. The van der Waals surface area contributed by atoms with Crippen LogP contribution in [0.25, 0.3) is 0 Å². The molecule has 0 aliphatic rings. The van der Waals surface area contributed by atoms with Crippen LogP contribution < -0.4 is 10.6 Å². The van der Waals surface area contributed by atoms with Gasteiger partial charge in [-0.2, -0.15) is 0 Å². The molecule has 0 fully saturated rings. The Labute approximate surface area is 103 Å². The predicted molar refractivity (Wildman–Crippen MR) is 61.9 cm³/mol. The number of carboxylic acids is 1. The highest BCUT2D eigenvalue weighted by Gasteiger charge is 2.24. The number of carboxylic acid groups (broad SMARTS) is 1. The zero-order valence-corrected chi connectivity index (χ0v) is 9.88. The fourth-order valence-electron chi connectivity index (χ4n) is 1.31. The minimum atomic E-state index is -1.33. The molecule has 0 radical (unpaired) electrons. The van der Waals surface area contributed by atoms with Crippen LogP contribution in [0.4, 0.5) is 4.79 Å². The molecule has 18 heavy (non-hydrogen) atoms. The van der Waals surface area contributed by atoms with Gasteiger partial charge >= 0.3 is 12.0 Å². The maximum absolute atomic E-state index is 11.4. The zero-order chi connectivity index (χ0) is 13.5. The van der Waals surface area contributed by atoms with Crippen LogP contribution in [0.5, 0.6) is 0 Å². The standard InChI is InChI=1S/C10H16N4O4/c1-6(15)8(9(16)17)14-10(18)13-3-2-7-11-4-5-12-7/h4-6,8,15H,2-3H2,1H3,(H,11,12)(H,16,17)(H2,13,14,18). The van der Waals surface area contributed by atoms with Crippen LogP contribution in [0, 0.1) is 0 Å². The summed E-state index contributed by atoms with van der Waals surface area (Å²) >= 11 is 0. The lowest BCUT2D eigenvalue weighted by Gasteiger charge is -2.17. The van der Waals surface area contributed by atoms with Crippen LogP contribution in [0.2, 0.25) is 0 Å². The molecule has 2 atom stereocenters. The van der Waals surface area contributed by atoms with Gasteiger partial charge in [-0.1, -0.05) is 0 Å². The molecule has 2 unspecified atom stereocenters. The second-order valence-corrected chi connectivity index (χ2v) is 3.74. The molecule has 0 aliphatic heterocycles. The maximum Gasteiger partial charge on any atom is 0.328 e. The van der Waals surface area contributed by atoms with Gasteiger partial charge in [0.25, 0.3) is 0 Å². The Morgan fingerprint density at radius 2 is 2.28 bits per heavy atom. The van der Waals surface area contributed by atoms with Gasteiger partial charge in [0.05, 0.1) is 6.10 Å². The Morgan fingerprint density at radius 3 is 2.78 bits per heavy atom. The average Bonchev–Trinajstić information content (AvgIpc) is 2.78. The third kappa shape index (κ3) is 4.42. The number of aromatic amines is 1. The molecule has 0 bridgehead atoms. The number of aliphatic hydroxyl groups is 1. The second-order valence-electron chi connectivity index (χ2n) is 3.74. The van der Waals surface area contributed by atoms with Crippen molar-refractivity contribution in [2.45, 2.75) is 25.5 Å². The lowest BCUT2D eigenvalue weighted by atomic mass is 10.2. The fourth-order valence-corrected chi connectivity index (χ4v) is 1.31. The number of urea groups is 1. The van der Waals surface area contributed by atoms with Crippen LogP contribution in [0.1, 0.15) is 12.7 Å². The van der Waals surface area contributed by atoms with E-state index in [0.717, 1.165) is 5.82 Å². The van der Waals surface area contributed by atoms with Gasteiger partial charge in [0.15, 0.2) is 6.04 Å². The van der Waals surface area contributed by atoms with Gasteiger partial charge < -0.3 is 25.8 Å². The number of nitrogens with one attached hydrogen (secondary N) is 3. The maximum atomic E-state index is 11.4. The largest absolute Gasteiger partial charge is 0.480 e. The van der Waals surface area contributed by atoms with Gasteiger partial charge in [-0.25, -0.2) is 14.6 Å². The average molecular weight is 256 g/mol. The number of carbonyl (C=O) groups is 2. The number of hydrogen-bond acceptors (Lipinski definition) is 4. The van der Waals surface area contributed by atoms with E-state index >= 15 is 0 Å². The summed E-state index contributed by atoms with van der Waals surface area (Å²) in [4.78, 5) is 28.9. The SMILES string of the molecule is CC(O)C(NC(=O)NCCc1ncc[nH]1)C(=O)O. The Balaban J connectivity index is 2.30. The fraction of sp³-hybridized carbons (Fsp3) is 0.500. The summed E-state index contributed by atoms with van der Waals surface area (Å²) in [6.45, 7) is 1.60. The lowest BCUT2D eigenvalue weighted by molar-refractivity contribution is -0.141. The van der Waals surface area contributed by atoms with Crippen molar-refractivity contribution in [2.75, 3.05) is 6.54 Å². The first-order valence-electron chi connectivity index (χ1n) is 5.44. The van der Waals surface area contributed by atoms with E-state index in [1.165, 1.54) is 6.92 Å². The number of carbonyl (C=O) groups excluding carboxylic acids is 1. The van der Waals surface area contributed by atoms with Crippen molar-refractivity contribution >= 4 is 12.0 Å². The molecule has 1 aromatic heterocycles. The number of hydrogen-bond donors (Lipinski definition) is 5. The number of aliphatic carboxylic acids is 1. The smallest absolute Gasteiger partial charge is 0.328 e. The van der Waals surface area contributed by atoms with E-state index in [0.29, 0.717) is 13.0 Å². The number of imidazole rings is 1. The third-order valence-electron chi connectivity index (χ3n) is 2.24. The number of aliphatic hydroxyl groups excluding tert-OH is 1. The summed E-state index contributed by atoms with van der Waals surface area (Å²) < 4.78 is 0. The highest BCUT2D eigenvalue weighted by molar-refractivity contribution is 5.82. The van der Waals surface area contributed by atoms with Gasteiger partial charge in [-0.15, -0.1) is 0 Å². The highest BCUT2D eigenvalue weighted by Crippen LogP contribution is 1.93. The van der Waals surface area contributed by atoms with Crippen molar-refractivity contribution < 1.29 is 19.8 Å². The lowest BCUT2D eigenvalue weighted by Crippen LogP contribution is -2.51. The van der Waals surface area contributed by atoms with Gasteiger partial charge in [-0.3, -0.25) is 0 Å². The van der Waals surface area contributed by atoms with Crippen molar-refractivity contribution in [3.05, 3.63) is 18.2 Å². The summed E-state index contributed by atoms with van der Waals surface area (Å²) in [6.07, 6.45) is 2.61. The van der Waals surface area contributed by atoms with Gasteiger partial charge in [-0.05, 0) is 6.92 Å². The second kappa shape index (κ2) is 6.60. The Morgan fingerprint density at radius 1 is 1.56 bits per heavy atom. The molecule has 0 spiro atoms. The normalized spacial score (nSPS) is 13.7. The third-order valence-corrected chi connectivity index (χ3v) is 2.24. The van der Waals surface area contributed by atoms with Crippen LogP contribution >= 0.6 is 0 Å². The molecule has 100 valence electrons. The molecule has 1 rings (SSSR count). The molecule has 8 heteroatoms. The molecule has 0 saturated heterocycles. The van der Waals surface area contributed by atoms with E-state index in [4.69, 9.17) is 10.2 Å². The number of aromatic nitrogens is 2. The molecule has 5 N–H and O–H groups in total. The van der Waals surface area contributed by atoms with E-state index in [9.17, 15) is 9.59 Å². The zero-order valence-electron chi connectivity index (χ0n) is 9.88. The molecule has 0 aliphatic carbocycles. The molecular weight excluding hydrogens is 240 g/mol. The van der Waals surface area contributed by atoms with Crippen molar-refractivity contribution in [3.63, 3.8) is 0 Å². The summed E-state index contributed by atoms with van der Waals surface area (Å²) in [6, 6.07) is -1.97. The Bertz CT molecular complexity index is 391. The van der Waals surface area contributed by atoms with E-state index in [1.807, 2.05) is 0 Å². The van der Waals surface area contributed by atoms with Crippen molar-refractivity contribution in [1.82, 2.24) is 20.6 Å². The van der Waals surface area contributed by atoms with Crippen LogP contribution in [-0.4, -0.2) is 50.9 Å². The first-order chi connectivity index (χ1) is 8.50. The molecular formula is C10H16N4O4. The minimum Gasteiger partial charge on any atom is -0.480 e. The van der Waals surface area contributed by atoms with Crippen LogP contribution in [-0.2, 0) is 11.2 Å². The molecule has 8 nitrogen and oxygen atoms in total. The highest BCUT2D eigenvalue weighted by atomic mass is 16.4. The summed E-state index contributed by atoms with van der Waals surface area (Å²) in [5, 5.41) is 22.6. The van der Waals surface area contributed by atoms with Gasteiger partial charge in [0.2, 0.25) is 0 Å². The minimum absolute atomic E-state index is 0.311. The van der Waals surface area contributed by atoms with Crippen molar-refractivity contribution in [1.29, 1.82) is 0 Å². The summed E-state index contributed by atoms with van der Waals surface area (Å²) in [5.74, 6) is -0.563. The summed E-state index contributed by atoms with van der Waals surface area (Å²) in [7, 11) is 0. The first-order valence-corrected chi connectivity index (χ1v) is 5.44. The quantitative estimate of drug-likeness (QED) is 0.450. The molecule has 0 saturated carbocycles. The molecule has 1 heterocycles. The molecule has 0 aromatic carbocycles. The Kier molecular flexibility index (Phi) is 5.12. The van der Waals surface area contributed by atoms with E-state index < -0.39 is 24.1 Å². The molecule has 2 amide bonds. The van der Waals surface area contributed by atoms with E-state index in [-0.39, 0.29) is 0 Å². The summed E-state index contributed by atoms with van der Waals surface area (Å²) in [5.41, 5.74) is 0. The van der Waals surface area contributed by atoms with E-state index in [2.05, 4.69) is 20.6 Å². The molecule has 1 aromatic rings. The number of amides is 2. The van der Waals surface area contributed by atoms with Crippen molar-refractivity contribution in [2.24, 2.45) is 0 Å². The Hall–Kier alpha value is -2.09. The van der Waals surface area contributed by atoms with Crippen LogP contribution in [0.15, 0.2) is 12.4 Å². The topological polar surface area (TPSA) is 127 Å². The first kappa shape index (κ1) is 14.0. The van der Waals surface area contributed by atoms with Crippen LogP contribution in [0.3, 0.4) is 0 Å². The monoisotopic (exact) mass is 256 g/mol.